The number of nitrogens with one attached hydrogen (secondary N) is 2. The molecule has 1 aliphatic rings. The number of carbonyl (C=O) groups is 2. The summed E-state index contributed by atoms with van der Waals surface area (Å²) in [5, 5.41) is 5.70. The molecule has 2 N–H and O–H groups in total. The quantitative estimate of drug-likeness (QED) is 0.639. The fourth-order valence-corrected chi connectivity index (χ4v) is 2.44. The van der Waals surface area contributed by atoms with Crippen LogP contribution in [0.1, 0.15) is 26.2 Å². The van der Waals surface area contributed by atoms with Gasteiger partial charge in [0.2, 0.25) is 11.8 Å². The SMILES string of the molecule is CCCCNC(=O)C1CC1C(=O)NCCOc1ccc(OC)cc1. The average Bonchev–Trinajstić information content (AvgIpc) is 3.40. The molecule has 0 aliphatic heterocycles. The van der Waals surface area contributed by atoms with Crippen molar-refractivity contribution in [3.05, 3.63) is 24.3 Å². The standard InChI is InChI=1S/C18H26N2O4/c1-3-4-9-19-17(21)15-12-16(15)18(22)20-10-11-24-14-7-5-13(23-2)6-8-14/h5-8,15-16H,3-4,9-12H2,1-2H3,(H,19,21)(H,20,22). The van der Waals surface area contributed by atoms with E-state index in [4.69, 9.17) is 9.47 Å². The minimum Gasteiger partial charge on any atom is -0.497 e. The lowest BCUT2D eigenvalue weighted by atomic mass is 10.2. The second kappa shape index (κ2) is 9.15. The summed E-state index contributed by atoms with van der Waals surface area (Å²) in [5.74, 6) is 1.08. The lowest BCUT2D eigenvalue weighted by Gasteiger charge is -2.08. The Labute approximate surface area is 142 Å². The molecule has 1 aliphatic carbocycles. The van der Waals surface area contributed by atoms with E-state index in [1.165, 1.54) is 0 Å². The fraction of sp³-hybridized carbons (Fsp3) is 0.556. The van der Waals surface area contributed by atoms with Gasteiger partial charge in [-0.2, -0.15) is 0 Å². The van der Waals surface area contributed by atoms with Gasteiger partial charge < -0.3 is 20.1 Å². The molecule has 2 atom stereocenters. The van der Waals surface area contributed by atoms with E-state index in [9.17, 15) is 9.59 Å². The number of ether oxygens (including phenoxy) is 2. The van der Waals surface area contributed by atoms with Crippen LogP contribution in [0.2, 0.25) is 0 Å². The summed E-state index contributed by atoms with van der Waals surface area (Å²) in [4.78, 5) is 23.8. The number of methoxy groups -OCH3 is 1. The van der Waals surface area contributed by atoms with Crippen LogP contribution in [0, 0.1) is 11.8 Å². The smallest absolute Gasteiger partial charge is 0.224 e. The van der Waals surface area contributed by atoms with Gasteiger partial charge in [0.05, 0.1) is 25.5 Å². The number of rotatable bonds is 10. The molecule has 0 bridgehead atoms. The second-order valence-corrected chi connectivity index (χ2v) is 5.91. The molecule has 1 aromatic carbocycles. The molecule has 1 aromatic rings. The van der Waals surface area contributed by atoms with Crippen LogP contribution in [-0.4, -0.2) is 38.6 Å². The molecule has 0 radical (unpaired) electrons. The number of unbranched alkanes of at least 4 members (excludes halogenated alkanes) is 1. The highest BCUT2D eigenvalue weighted by Gasteiger charge is 2.47. The summed E-state index contributed by atoms with van der Waals surface area (Å²) in [7, 11) is 1.61. The predicted octanol–water partition coefficient (Wildman–Crippen LogP) is 1.74. The van der Waals surface area contributed by atoms with Gasteiger partial charge in [-0.25, -0.2) is 0 Å². The topological polar surface area (TPSA) is 76.7 Å². The highest BCUT2D eigenvalue weighted by atomic mass is 16.5. The summed E-state index contributed by atoms with van der Waals surface area (Å²) < 4.78 is 10.6. The highest BCUT2D eigenvalue weighted by molar-refractivity contribution is 5.92. The third-order valence-corrected chi connectivity index (χ3v) is 4.02. The van der Waals surface area contributed by atoms with Gasteiger partial charge in [-0.15, -0.1) is 0 Å². The van der Waals surface area contributed by atoms with Crippen molar-refractivity contribution in [2.24, 2.45) is 11.8 Å². The molecule has 6 heteroatoms. The first kappa shape index (κ1) is 18.1. The van der Waals surface area contributed by atoms with Gasteiger partial charge in [0.1, 0.15) is 18.1 Å². The molecule has 24 heavy (non-hydrogen) atoms. The van der Waals surface area contributed by atoms with Gasteiger partial charge in [-0.1, -0.05) is 13.3 Å². The Morgan fingerprint density at radius 1 is 1.04 bits per heavy atom. The Morgan fingerprint density at radius 3 is 2.21 bits per heavy atom. The van der Waals surface area contributed by atoms with Crippen molar-refractivity contribution in [1.82, 2.24) is 10.6 Å². The summed E-state index contributed by atoms with van der Waals surface area (Å²) >= 11 is 0. The maximum absolute atomic E-state index is 12.0. The van der Waals surface area contributed by atoms with Crippen molar-refractivity contribution in [3.8, 4) is 11.5 Å². The minimum atomic E-state index is -0.187. The number of hydrogen-bond donors (Lipinski definition) is 2. The molecule has 1 saturated carbocycles. The van der Waals surface area contributed by atoms with Crippen LogP contribution in [0.5, 0.6) is 11.5 Å². The van der Waals surface area contributed by atoms with Crippen molar-refractivity contribution in [2.75, 3.05) is 26.8 Å². The van der Waals surface area contributed by atoms with E-state index in [1.54, 1.807) is 7.11 Å². The number of benzene rings is 1. The molecule has 6 nitrogen and oxygen atoms in total. The Kier molecular flexibility index (Phi) is 6.90. The van der Waals surface area contributed by atoms with Crippen LogP contribution >= 0.6 is 0 Å². The molecule has 0 aromatic heterocycles. The van der Waals surface area contributed by atoms with Crippen molar-refractivity contribution < 1.29 is 19.1 Å². The maximum atomic E-state index is 12.0. The van der Waals surface area contributed by atoms with Crippen LogP contribution in [0.25, 0.3) is 0 Å². The van der Waals surface area contributed by atoms with Crippen LogP contribution in [0.4, 0.5) is 0 Å². The summed E-state index contributed by atoms with van der Waals surface area (Å²) in [5.41, 5.74) is 0. The lowest BCUT2D eigenvalue weighted by Crippen LogP contribution is -2.32. The van der Waals surface area contributed by atoms with Crippen molar-refractivity contribution >= 4 is 11.8 Å². The third kappa shape index (κ3) is 5.44. The molecule has 2 rings (SSSR count). The zero-order chi connectivity index (χ0) is 17.4. The van der Waals surface area contributed by atoms with E-state index in [-0.39, 0.29) is 23.7 Å². The summed E-state index contributed by atoms with van der Waals surface area (Å²) in [6.45, 7) is 3.58. The Morgan fingerprint density at radius 2 is 1.62 bits per heavy atom. The van der Waals surface area contributed by atoms with Crippen molar-refractivity contribution in [1.29, 1.82) is 0 Å². The molecule has 132 valence electrons. The predicted molar refractivity (Wildman–Crippen MR) is 91.0 cm³/mol. The van der Waals surface area contributed by atoms with Gasteiger partial charge in [-0.3, -0.25) is 9.59 Å². The lowest BCUT2D eigenvalue weighted by molar-refractivity contribution is -0.127. The van der Waals surface area contributed by atoms with E-state index in [0.717, 1.165) is 24.3 Å². The molecule has 2 unspecified atom stereocenters. The highest BCUT2D eigenvalue weighted by Crippen LogP contribution is 2.38. The molecule has 2 amide bonds. The van der Waals surface area contributed by atoms with Crippen LogP contribution in [0.15, 0.2) is 24.3 Å². The fourth-order valence-electron chi connectivity index (χ4n) is 2.44. The number of amides is 2. The van der Waals surface area contributed by atoms with E-state index in [1.807, 2.05) is 24.3 Å². The zero-order valence-corrected chi connectivity index (χ0v) is 14.3. The van der Waals surface area contributed by atoms with Crippen molar-refractivity contribution in [3.63, 3.8) is 0 Å². The third-order valence-electron chi connectivity index (χ3n) is 4.02. The van der Waals surface area contributed by atoms with Crippen LogP contribution in [-0.2, 0) is 9.59 Å². The number of hydrogen-bond acceptors (Lipinski definition) is 4. The van der Waals surface area contributed by atoms with Crippen molar-refractivity contribution in [2.45, 2.75) is 26.2 Å². The minimum absolute atomic E-state index is 0.00178. The molecule has 1 fully saturated rings. The Bertz CT molecular complexity index is 544. The number of carbonyl (C=O) groups excluding carboxylic acids is 2. The van der Waals surface area contributed by atoms with Crippen LogP contribution < -0.4 is 20.1 Å². The first-order valence-corrected chi connectivity index (χ1v) is 8.48. The summed E-state index contributed by atoms with van der Waals surface area (Å²) in [6, 6.07) is 7.27. The largest absolute Gasteiger partial charge is 0.497 e. The van der Waals surface area contributed by atoms with Gasteiger partial charge >= 0.3 is 0 Å². The van der Waals surface area contributed by atoms with E-state index in [2.05, 4.69) is 17.6 Å². The van der Waals surface area contributed by atoms with Gasteiger partial charge in [-0.05, 0) is 37.1 Å². The zero-order valence-electron chi connectivity index (χ0n) is 14.3. The molecule has 0 spiro atoms. The first-order chi connectivity index (χ1) is 11.7. The van der Waals surface area contributed by atoms with Gasteiger partial charge in [0, 0.05) is 6.54 Å². The Balaban J connectivity index is 1.59. The van der Waals surface area contributed by atoms with Crippen LogP contribution in [0.3, 0.4) is 0 Å². The van der Waals surface area contributed by atoms with E-state index in [0.29, 0.717) is 26.1 Å². The first-order valence-electron chi connectivity index (χ1n) is 8.48. The average molecular weight is 334 g/mol. The van der Waals surface area contributed by atoms with Gasteiger partial charge in [0.15, 0.2) is 0 Å². The van der Waals surface area contributed by atoms with Gasteiger partial charge in [0.25, 0.3) is 0 Å². The Hall–Kier alpha value is -2.24. The summed E-state index contributed by atoms with van der Waals surface area (Å²) in [6.07, 6.45) is 2.66. The van der Waals surface area contributed by atoms with E-state index >= 15 is 0 Å². The molecule has 0 saturated heterocycles. The monoisotopic (exact) mass is 334 g/mol. The maximum Gasteiger partial charge on any atom is 0.224 e. The second-order valence-electron chi connectivity index (χ2n) is 5.91. The molecule has 0 heterocycles. The molecular formula is C18H26N2O4. The van der Waals surface area contributed by atoms with E-state index < -0.39 is 0 Å². The molecular weight excluding hydrogens is 308 g/mol. The normalized spacial score (nSPS) is 18.6.